The Balaban J connectivity index is 1.89. The van der Waals surface area contributed by atoms with Crippen molar-refractivity contribution >= 4 is 29.2 Å². The minimum Gasteiger partial charge on any atom is -0.454 e. The number of nitro groups is 1. The summed E-state index contributed by atoms with van der Waals surface area (Å²) < 4.78 is 6.46. The van der Waals surface area contributed by atoms with Crippen molar-refractivity contribution < 1.29 is 25.0 Å². The van der Waals surface area contributed by atoms with Gasteiger partial charge in [-0.3, -0.25) is 14.9 Å². The monoisotopic (exact) mass is 466 g/mol. The molecule has 0 unspecified atom stereocenters. The van der Waals surface area contributed by atoms with Crippen molar-refractivity contribution in [2.45, 2.75) is 10.1 Å². The zero-order valence-electron chi connectivity index (χ0n) is 17.0. The Bertz CT molecular complexity index is 1270. The number of esters is 1. The molecule has 3 N–H and O–H groups in total. The quantitative estimate of drug-likeness (QED) is 0.274. The van der Waals surface area contributed by atoms with Crippen LogP contribution in [0.4, 0.5) is 5.69 Å². The molecule has 0 radical (unpaired) electrons. The third kappa shape index (κ3) is 5.45. The molecular formula is C20H16N7O5S+. The number of hydrogen-bond donors (Lipinski definition) is 1. The van der Waals surface area contributed by atoms with Crippen LogP contribution in [0.1, 0.15) is 10.4 Å². The molecule has 2 aromatic carbocycles. The maximum absolute atomic E-state index is 12.7. The van der Waals surface area contributed by atoms with E-state index in [9.17, 15) is 19.7 Å². The van der Waals surface area contributed by atoms with Gasteiger partial charge < -0.3 is 10.5 Å². The molecule has 0 fully saturated rings. The first-order valence-corrected chi connectivity index (χ1v) is 10.0. The van der Waals surface area contributed by atoms with Crippen molar-refractivity contribution in [2.24, 2.45) is 5.92 Å². The molecule has 0 saturated heterocycles. The number of ketones is 1. The number of aromatic nitrogens is 4. The summed E-state index contributed by atoms with van der Waals surface area (Å²) >= 11 is 0.983. The Morgan fingerprint density at radius 1 is 1.30 bits per heavy atom. The van der Waals surface area contributed by atoms with E-state index < -0.39 is 29.2 Å². The molecule has 1 heterocycles. The number of carbonyl (C=O) groups is 2. The van der Waals surface area contributed by atoms with E-state index in [1.165, 1.54) is 16.8 Å². The number of quaternary nitrogens is 1. The average Bonchev–Trinajstić information content (AvgIpc) is 3.26. The fraction of sp³-hybridized carbons (Fsp3) is 0.100. The van der Waals surface area contributed by atoms with Gasteiger partial charge in [0, 0.05) is 17.0 Å². The van der Waals surface area contributed by atoms with Gasteiger partial charge in [0.1, 0.15) is 5.70 Å². The number of carbonyl (C=O) groups excluding carboxylic acids is 2. The largest absolute Gasteiger partial charge is 0.454 e. The molecule has 0 amide bonds. The number of nitrogens with zero attached hydrogens (tertiary/aromatic N) is 6. The van der Waals surface area contributed by atoms with Crippen LogP contribution in [0.5, 0.6) is 0 Å². The topological polar surface area (TPSA) is 182 Å². The lowest BCUT2D eigenvalue weighted by Crippen LogP contribution is -2.51. The smallest absolute Gasteiger partial charge is 0.339 e. The van der Waals surface area contributed by atoms with Crippen LogP contribution in [-0.4, -0.2) is 43.5 Å². The summed E-state index contributed by atoms with van der Waals surface area (Å²) in [6.45, 7) is 2.74. The van der Waals surface area contributed by atoms with Gasteiger partial charge in [0.05, 0.1) is 22.2 Å². The summed E-state index contributed by atoms with van der Waals surface area (Å²) in [6, 6.07) is 14.3. The third-order valence-electron chi connectivity index (χ3n) is 4.24. The maximum Gasteiger partial charge on any atom is 0.339 e. The molecule has 0 bridgehead atoms. The molecule has 0 spiro atoms. The van der Waals surface area contributed by atoms with E-state index in [1.54, 1.807) is 30.3 Å². The molecule has 3 rings (SSSR count). The fourth-order valence-electron chi connectivity index (χ4n) is 2.64. The molecule has 3 aromatic rings. The number of para-hydroxylation sites is 1. The van der Waals surface area contributed by atoms with Gasteiger partial charge in [-0.25, -0.2) is 4.79 Å². The van der Waals surface area contributed by atoms with E-state index in [0.717, 1.165) is 17.8 Å². The molecule has 0 aliphatic carbocycles. The van der Waals surface area contributed by atoms with Crippen molar-refractivity contribution in [1.29, 1.82) is 5.26 Å². The predicted molar refractivity (Wildman–Crippen MR) is 113 cm³/mol. The van der Waals surface area contributed by atoms with Crippen LogP contribution in [0.3, 0.4) is 0 Å². The minimum atomic E-state index is -1.23. The van der Waals surface area contributed by atoms with Crippen LogP contribution in [0.25, 0.3) is 5.69 Å². The number of ether oxygens (including phenoxy) is 1. The number of allylic oxidation sites excluding steroid dienone is 1. The van der Waals surface area contributed by atoms with Crippen LogP contribution < -0.4 is 5.73 Å². The van der Waals surface area contributed by atoms with Gasteiger partial charge in [-0.05, 0) is 47.0 Å². The Labute approximate surface area is 190 Å². The number of rotatable bonds is 9. The van der Waals surface area contributed by atoms with Gasteiger partial charge in [-0.1, -0.05) is 18.2 Å². The summed E-state index contributed by atoms with van der Waals surface area (Å²) in [5.41, 5.74) is 3.68. The summed E-state index contributed by atoms with van der Waals surface area (Å²) in [6.07, 6.45) is 0. The zero-order valence-corrected chi connectivity index (χ0v) is 17.8. The first-order valence-electron chi connectivity index (χ1n) is 9.22. The summed E-state index contributed by atoms with van der Waals surface area (Å²) in [7, 11) is 0. The molecule has 1 aromatic heterocycles. The maximum atomic E-state index is 12.7. The molecule has 166 valence electrons. The lowest BCUT2D eigenvalue weighted by atomic mass is 10.0. The third-order valence-corrected chi connectivity index (χ3v) is 5.25. The number of non-ortho nitro benzene ring substituents is 1. The van der Waals surface area contributed by atoms with E-state index in [-0.39, 0.29) is 27.0 Å². The van der Waals surface area contributed by atoms with Crippen LogP contribution in [0.2, 0.25) is 0 Å². The summed E-state index contributed by atoms with van der Waals surface area (Å²) in [5, 5.41) is 32.1. The summed E-state index contributed by atoms with van der Waals surface area (Å²) in [4.78, 5) is 35.7. The van der Waals surface area contributed by atoms with E-state index in [1.807, 2.05) is 6.07 Å². The van der Waals surface area contributed by atoms with E-state index >= 15 is 0 Å². The number of benzene rings is 2. The second-order valence-electron chi connectivity index (χ2n) is 6.51. The fourth-order valence-corrected chi connectivity index (χ4v) is 3.53. The van der Waals surface area contributed by atoms with Crippen LogP contribution in [0, 0.1) is 27.4 Å². The predicted octanol–water partition coefficient (Wildman–Crippen LogP) is 1.34. The second kappa shape index (κ2) is 10.3. The van der Waals surface area contributed by atoms with Gasteiger partial charge in [-0.15, -0.1) is 5.10 Å². The molecule has 13 heteroatoms. The molecule has 33 heavy (non-hydrogen) atoms. The van der Waals surface area contributed by atoms with Gasteiger partial charge in [0.25, 0.3) is 5.69 Å². The number of tetrazole rings is 1. The zero-order chi connectivity index (χ0) is 24.0. The molecule has 0 aliphatic heterocycles. The SMILES string of the molecule is C=C([NH3+])[C@H](C#N)C(=O)COC(=O)c1cc([N+](=O)[O-])ccc1Sc1nnnn1-c1ccccc1. The second-order valence-corrected chi connectivity index (χ2v) is 7.52. The van der Waals surface area contributed by atoms with Crippen molar-refractivity contribution in [3.8, 4) is 11.8 Å². The van der Waals surface area contributed by atoms with Crippen molar-refractivity contribution in [1.82, 2.24) is 20.2 Å². The Morgan fingerprint density at radius 3 is 2.67 bits per heavy atom. The number of hydrogen-bond acceptors (Lipinski definition) is 10. The van der Waals surface area contributed by atoms with Gasteiger partial charge in [-0.2, -0.15) is 9.94 Å². The standard InChI is InChI=1S/C20H15N7O5S/c1-12(22)16(10-21)17(28)11-32-19(29)15-9-14(27(30)31)7-8-18(15)33-20-23-24-25-26(20)13-5-3-2-4-6-13/h2-9,16H,1,11,22H2/p+1/t16-/m0/s1. The average molecular weight is 466 g/mol. The number of nitriles is 1. The van der Waals surface area contributed by atoms with Crippen molar-refractivity contribution in [3.63, 3.8) is 0 Å². The van der Waals surface area contributed by atoms with E-state index in [0.29, 0.717) is 5.69 Å². The van der Waals surface area contributed by atoms with Crippen molar-refractivity contribution in [3.05, 3.63) is 76.5 Å². The first-order chi connectivity index (χ1) is 15.8. The number of Topliss-reactive ketones (excluding diaryl/α,β-unsaturated/α-hetero) is 1. The van der Waals surface area contributed by atoms with Gasteiger partial charge in [0.15, 0.2) is 18.3 Å². The van der Waals surface area contributed by atoms with Crippen molar-refractivity contribution in [2.75, 3.05) is 6.61 Å². The highest BCUT2D eigenvalue weighted by Gasteiger charge is 2.26. The van der Waals surface area contributed by atoms with Crippen LogP contribution in [0.15, 0.2) is 70.9 Å². The number of nitro benzene ring substituents is 1. The molecular weight excluding hydrogens is 450 g/mol. The minimum absolute atomic E-state index is 0.0675. The van der Waals surface area contributed by atoms with E-state index in [4.69, 9.17) is 10.00 Å². The van der Waals surface area contributed by atoms with E-state index in [2.05, 4.69) is 27.8 Å². The lowest BCUT2D eigenvalue weighted by molar-refractivity contribution is -0.384. The normalized spacial score (nSPS) is 11.3. The highest BCUT2D eigenvalue weighted by atomic mass is 32.2. The Hall–Kier alpha value is -4.41. The first kappa shape index (κ1) is 23.3. The van der Waals surface area contributed by atoms with Gasteiger partial charge in [0.2, 0.25) is 5.16 Å². The highest BCUT2D eigenvalue weighted by molar-refractivity contribution is 7.99. The lowest BCUT2D eigenvalue weighted by Gasteiger charge is -2.10. The molecule has 1 atom stereocenters. The molecule has 0 saturated carbocycles. The highest BCUT2D eigenvalue weighted by Crippen LogP contribution is 2.32. The Kier molecular flexibility index (Phi) is 7.24. The van der Waals surface area contributed by atoms with Gasteiger partial charge >= 0.3 is 5.97 Å². The van der Waals surface area contributed by atoms with Crippen LogP contribution >= 0.6 is 11.8 Å². The molecule has 12 nitrogen and oxygen atoms in total. The summed E-state index contributed by atoms with van der Waals surface area (Å²) in [5.74, 6) is -2.93. The Morgan fingerprint density at radius 2 is 2.03 bits per heavy atom. The van der Waals surface area contributed by atoms with Crippen LogP contribution in [-0.2, 0) is 9.53 Å². The molecule has 0 aliphatic rings.